The quantitative estimate of drug-likeness (QED) is 0.719. The Morgan fingerprint density at radius 1 is 0.947 bits per heavy atom. The molecule has 0 saturated heterocycles. The molecule has 0 aliphatic rings. The molecule has 0 atom stereocenters. The molecule has 0 aliphatic heterocycles. The molecule has 19 heavy (non-hydrogen) atoms. The second kappa shape index (κ2) is 4.12. The zero-order chi connectivity index (χ0) is 13.6. The summed E-state index contributed by atoms with van der Waals surface area (Å²) in [7, 11) is 0. The number of nitrogens with zero attached hydrogens (tertiary/aromatic N) is 2. The molecular formula is C16H17N3. The van der Waals surface area contributed by atoms with Crippen molar-refractivity contribution in [2.75, 3.05) is 5.73 Å². The van der Waals surface area contributed by atoms with E-state index >= 15 is 0 Å². The van der Waals surface area contributed by atoms with Gasteiger partial charge in [0.25, 0.3) is 0 Å². The number of aryl methyl sites for hydroxylation is 3. The Balaban J connectivity index is 2.38. The third-order valence-electron chi connectivity index (χ3n) is 3.44. The van der Waals surface area contributed by atoms with Crippen LogP contribution in [0.25, 0.3) is 16.7 Å². The zero-order valence-corrected chi connectivity index (χ0v) is 11.4. The molecule has 96 valence electrons. The molecule has 0 fully saturated rings. The van der Waals surface area contributed by atoms with Crippen molar-refractivity contribution in [3.8, 4) is 5.69 Å². The highest BCUT2D eigenvalue weighted by Gasteiger charge is 2.11. The molecule has 1 heterocycles. The van der Waals surface area contributed by atoms with Crippen molar-refractivity contribution in [1.82, 2.24) is 9.55 Å². The summed E-state index contributed by atoms with van der Waals surface area (Å²) in [5, 5.41) is 0. The fourth-order valence-electron chi connectivity index (χ4n) is 2.42. The largest absolute Gasteiger partial charge is 0.369 e. The van der Waals surface area contributed by atoms with Crippen LogP contribution in [-0.2, 0) is 0 Å². The van der Waals surface area contributed by atoms with Crippen molar-refractivity contribution in [2.45, 2.75) is 20.8 Å². The van der Waals surface area contributed by atoms with Gasteiger partial charge in [-0.05, 0) is 55.7 Å². The van der Waals surface area contributed by atoms with Crippen LogP contribution in [0, 0.1) is 20.8 Å². The van der Waals surface area contributed by atoms with Gasteiger partial charge in [-0.25, -0.2) is 4.98 Å². The first-order valence-electron chi connectivity index (χ1n) is 6.38. The Hall–Kier alpha value is -2.29. The molecular weight excluding hydrogens is 234 g/mol. The van der Waals surface area contributed by atoms with E-state index in [1.54, 1.807) is 0 Å². The van der Waals surface area contributed by atoms with E-state index in [1.807, 2.05) is 10.6 Å². The van der Waals surface area contributed by atoms with Gasteiger partial charge in [-0.2, -0.15) is 0 Å². The fourth-order valence-corrected chi connectivity index (χ4v) is 2.42. The van der Waals surface area contributed by atoms with Crippen LogP contribution in [-0.4, -0.2) is 9.55 Å². The summed E-state index contributed by atoms with van der Waals surface area (Å²) in [5.41, 5.74) is 12.8. The molecule has 0 unspecified atom stereocenters. The molecule has 0 amide bonds. The van der Waals surface area contributed by atoms with Crippen LogP contribution < -0.4 is 5.73 Å². The maximum absolute atomic E-state index is 6.11. The molecule has 0 spiro atoms. The minimum absolute atomic E-state index is 0.536. The van der Waals surface area contributed by atoms with E-state index in [-0.39, 0.29) is 0 Å². The predicted octanol–water partition coefficient (Wildman–Crippen LogP) is 3.53. The number of hydrogen-bond donors (Lipinski definition) is 1. The summed E-state index contributed by atoms with van der Waals surface area (Å²) in [6, 6.07) is 12.6. The molecule has 0 radical (unpaired) electrons. The van der Waals surface area contributed by atoms with Crippen molar-refractivity contribution < 1.29 is 0 Å². The van der Waals surface area contributed by atoms with E-state index in [2.05, 4.69) is 56.1 Å². The summed E-state index contributed by atoms with van der Waals surface area (Å²) in [6.07, 6.45) is 0. The van der Waals surface area contributed by atoms with Gasteiger partial charge in [-0.15, -0.1) is 0 Å². The van der Waals surface area contributed by atoms with Crippen LogP contribution >= 0.6 is 0 Å². The van der Waals surface area contributed by atoms with Gasteiger partial charge in [0.1, 0.15) is 0 Å². The topological polar surface area (TPSA) is 43.8 Å². The lowest BCUT2D eigenvalue weighted by Crippen LogP contribution is -2.02. The molecule has 3 heteroatoms. The average Bonchev–Trinajstić information content (AvgIpc) is 2.68. The normalized spacial score (nSPS) is 11.1. The third kappa shape index (κ3) is 1.87. The highest BCUT2D eigenvalue weighted by molar-refractivity contribution is 5.81. The summed E-state index contributed by atoms with van der Waals surface area (Å²) < 4.78 is 2.03. The van der Waals surface area contributed by atoms with Crippen molar-refractivity contribution in [1.29, 1.82) is 0 Å². The van der Waals surface area contributed by atoms with Crippen LogP contribution in [0.3, 0.4) is 0 Å². The van der Waals surface area contributed by atoms with Crippen molar-refractivity contribution in [2.24, 2.45) is 0 Å². The first-order valence-corrected chi connectivity index (χ1v) is 6.38. The van der Waals surface area contributed by atoms with Gasteiger partial charge < -0.3 is 5.73 Å². The number of nitrogen functional groups attached to an aromatic ring is 1. The summed E-state index contributed by atoms with van der Waals surface area (Å²) in [5.74, 6) is 0.536. The first kappa shape index (κ1) is 11.8. The van der Waals surface area contributed by atoms with E-state index < -0.39 is 0 Å². The molecule has 0 bridgehead atoms. The second-order valence-electron chi connectivity index (χ2n) is 5.09. The lowest BCUT2D eigenvalue weighted by Gasteiger charge is -2.11. The molecule has 0 aliphatic carbocycles. The van der Waals surface area contributed by atoms with E-state index in [4.69, 9.17) is 5.73 Å². The van der Waals surface area contributed by atoms with Crippen LogP contribution in [0.5, 0.6) is 0 Å². The number of anilines is 1. The summed E-state index contributed by atoms with van der Waals surface area (Å²) in [4.78, 5) is 4.44. The Morgan fingerprint density at radius 3 is 2.42 bits per heavy atom. The van der Waals surface area contributed by atoms with Gasteiger partial charge in [0.2, 0.25) is 5.95 Å². The van der Waals surface area contributed by atoms with Crippen molar-refractivity contribution >= 4 is 17.0 Å². The number of fused-ring (bicyclic) bond motifs is 1. The summed E-state index contributed by atoms with van der Waals surface area (Å²) >= 11 is 0. The number of hydrogen-bond acceptors (Lipinski definition) is 2. The van der Waals surface area contributed by atoms with Crippen LogP contribution in [0.4, 0.5) is 5.95 Å². The Labute approximate surface area is 112 Å². The average molecular weight is 251 g/mol. The number of aromatic nitrogens is 2. The van der Waals surface area contributed by atoms with Gasteiger partial charge in [0.15, 0.2) is 0 Å². The minimum Gasteiger partial charge on any atom is -0.369 e. The van der Waals surface area contributed by atoms with Crippen LogP contribution in [0.1, 0.15) is 16.7 Å². The molecule has 2 aromatic carbocycles. The van der Waals surface area contributed by atoms with Gasteiger partial charge >= 0.3 is 0 Å². The number of benzene rings is 2. The highest BCUT2D eigenvalue weighted by Crippen LogP contribution is 2.26. The fraction of sp³-hybridized carbons (Fsp3) is 0.188. The van der Waals surface area contributed by atoms with E-state index in [0.717, 1.165) is 16.7 Å². The lowest BCUT2D eigenvalue weighted by molar-refractivity contribution is 1.08. The van der Waals surface area contributed by atoms with Crippen molar-refractivity contribution in [3.05, 3.63) is 53.1 Å². The SMILES string of the molecule is Cc1ccc(C)c(-n2c(N)nc3ccc(C)cc32)c1. The van der Waals surface area contributed by atoms with E-state index in [0.29, 0.717) is 5.95 Å². The lowest BCUT2D eigenvalue weighted by atomic mass is 10.1. The van der Waals surface area contributed by atoms with Crippen LogP contribution in [0.15, 0.2) is 36.4 Å². The van der Waals surface area contributed by atoms with Gasteiger partial charge in [0, 0.05) is 0 Å². The van der Waals surface area contributed by atoms with Gasteiger partial charge in [0.05, 0.1) is 16.7 Å². The number of rotatable bonds is 1. The Morgan fingerprint density at radius 2 is 1.63 bits per heavy atom. The Bertz CT molecular complexity index is 769. The van der Waals surface area contributed by atoms with Gasteiger partial charge in [-0.1, -0.05) is 18.2 Å². The molecule has 0 saturated carbocycles. The molecule has 1 aromatic heterocycles. The molecule has 2 N–H and O–H groups in total. The smallest absolute Gasteiger partial charge is 0.205 e. The second-order valence-corrected chi connectivity index (χ2v) is 5.09. The maximum Gasteiger partial charge on any atom is 0.205 e. The number of imidazole rings is 1. The van der Waals surface area contributed by atoms with Crippen molar-refractivity contribution in [3.63, 3.8) is 0 Å². The monoisotopic (exact) mass is 251 g/mol. The predicted molar refractivity (Wildman–Crippen MR) is 79.7 cm³/mol. The standard InChI is InChI=1S/C16H17N3/c1-10-4-6-12(3)14(8-10)19-15-9-11(2)5-7-13(15)18-16(19)17/h4-9H,1-3H3,(H2,17,18). The maximum atomic E-state index is 6.11. The molecule has 3 nitrogen and oxygen atoms in total. The highest BCUT2D eigenvalue weighted by atomic mass is 15.2. The first-order chi connectivity index (χ1) is 9.06. The molecule has 3 rings (SSSR count). The third-order valence-corrected chi connectivity index (χ3v) is 3.44. The number of nitrogens with two attached hydrogens (primary N) is 1. The van der Waals surface area contributed by atoms with Gasteiger partial charge in [-0.3, -0.25) is 4.57 Å². The molecule has 3 aromatic rings. The minimum atomic E-state index is 0.536. The van der Waals surface area contributed by atoms with E-state index in [9.17, 15) is 0 Å². The van der Waals surface area contributed by atoms with E-state index in [1.165, 1.54) is 16.7 Å². The Kier molecular flexibility index (Phi) is 2.56. The van der Waals surface area contributed by atoms with Crippen LogP contribution in [0.2, 0.25) is 0 Å². The zero-order valence-electron chi connectivity index (χ0n) is 11.4. The summed E-state index contributed by atoms with van der Waals surface area (Å²) in [6.45, 7) is 6.26.